The molecule has 3 N–H and O–H groups in total. The molecule has 0 aliphatic carbocycles. The van der Waals surface area contributed by atoms with Crippen LogP contribution in [-0.4, -0.2) is 31.8 Å². The van der Waals surface area contributed by atoms with Gasteiger partial charge in [-0.1, -0.05) is 17.7 Å². The standard InChI is InChI=1S/C16H24N2O3/c1-11-3-4-15(14(9-11)12(2)17)21-10-16(19)18-13-5-7-20-8-6-13/h3-4,9,12-13H,5-8,10,17H2,1-2H3,(H,18,19)/t12-/m0/s1. The number of carbonyl (C=O) groups excluding carboxylic acids is 1. The Labute approximate surface area is 125 Å². The molecule has 0 spiro atoms. The van der Waals surface area contributed by atoms with Crippen LogP contribution in [0, 0.1) is 6.92 Å². The number of carbonyl (C=O) groups is 1. The number of hydrogen-bond donors (Lipinski definition) is 2. The summed E-state index contributed by atoms with van der Waals surface area (Å²) in [4.78, 5) is 11.9. The number of hydrogen-bond acceptors (Lipinski definition) is 4. The van der Waals surface area contributed by atoms with Gasteiger partial charge in [-0.25, -0.2) is 0 Å². The minimum atomic E-state index is -0.126. The van der Waals surface area contributed by atoms with Crippen LogP contribution in [0.4, 0.5) is 0 Å². The molecule has 0 radical (unpaired) electrons. The van der Waals surface area contributed by atoms with Gasteiger partial charge in [0.25, 0.3) is 5.91 Å². The summed E-state index contributed by atoms with van der Waals surface area (Å²) in [5, 5.41) is 2.97. The van der Waals surface area contributed by atoms with Gasteiger partial charge in [-0.2, -0.15) is 0 Å². The molecule has 5 heteroatoms. The van der Waals surface area contributed by atoms with E-state index < -0.39 is 0 Å². The Morgan fingerprint density at radius 3 is 2.86 bits per heavy atom. The van der Waals surface area contributed by atoms with E-state index >= 15 is 0 Å². The summed E-state index contributed by atoms with van der Waals surface area (Å²) >= 11 is 0. The Morgan fingerprint density at radius 1 is 1.48 bits per heavy atom. The molecule has 1 aromatic carbocycles. The number of aryl methyl sites for hydroxylation is 1. The van der Waals surface area contributed by atoms with Gasteiger partial charge in [0.2, 0.25) is 0 Å². The van der Waals surface area contributed by atoms with Gasteiger partial charge in [0.15, 0.2) is 6.61 Å². The SMILES string of the molecule is Cc1ccc(OCC(=O)NC2CCOCC2)c([C@H](C)N)c1. The fourth-order valence-electron chi connectivity index (χ4n) is 2.41. The molecule has 2 rings (SSSR count). The summed E-state index contributed by atoms with van der Waals surface area (Å²) in [5.41, 5.74) is 8.00. The first-order valence-corrected chi connectivity index (χ1v) is 7.42. The smallest absolute Gasteiger partial charge is 0.258 e. The maximum absolute atomic E-state index is 11.9. The lowest BCUT2D eigenvalue weighted by Crippen LogP contribution is -2.41. The van der Waals surface area contributed by atoms with Crippen molar-refractivity contribution in [2.45, 2.75) is 38.8 Å². The van der Waals surface area contributed by atoms with Crippen molar-refractivity contribution < 1.29 is 14.3 Å². The third kappa shape index (κ3) is 4.72. The topological polar surface area (TPSA) is 73.6 Å². The lowest BCUT2D eigenvalue weighted by atomic mass is 10.1. The zero-order valence-corrected chi connectivity index (χ0v) is 12.7. The highest BCUT2D eigenvalue weighted by Gasteiger charge is 2.17. The quantitative estimate of drug-likeness (QED) is 0.866. The predicted molar refractivity (Wildman–Crippen MR) is 81.3 cm³/mol. The normalized spacial score (nSPS) is 17.3. The summed E-state index contributed by atoms with van der Waals surface area (Å²) in [6, 6.07) is 5.89. The molecule has 1 fully saturated rings. The van der Waals surface area contributed by atoms with Crippen LogP contribution in [0.25, 0.3) is 0 Å². The summed E-state index contributed by atoms with van der Waals surface area (Å²) < 4.78 is 10.9. The van der Waals surface area contributed by atoms with Crippen LogP contribution in [-0.2, 0) is 9.53 Å². The number of nitrogens with two attached hydrogens (primary N) is 1. The van der Waals surface area contributed by atoms with E-state index in [1.54, 1.807) is 0 Å². The second-order valence-electron chi connectivity index (χ2n) is 5.57. The fraction of sp³-hybridized carbons (Fsp3) is 0.562. The number of benzene rings is 1. The molecule has 1 saturated heterocycles. The van der Waals surface area contributed by atoms with Crippen molar-refractivity contribution in [3.05, 3.63) is 29.3 Å². The van der Waals surface area contributed by atoms with Gasteiger partial charge in [-0.15, -0.1) is 0 Å². The van der Waals surface area contributed by atoms with Crippen molar-refractivity contribution in [1.29, 1.82) is 0 Å². The highest BCUT2D eigenvalue weighted by molar-refractivity contribution is 5.77. The molecule has 1 amide bonds. The first-order valence-electron chi connectivity index (χ1n) is 7.42. The molecule has 1 atom stereocenters. The van der Waals surface area contributed by atoms with Crippen molar-refractivity contribution in [3.8, 4) is 5.75 Å². The summed E-state index contributed by atoms with van der Waals surface area (Å²) in [7, 11) is 0. The van der Waals surface area contributed by atoms with E-state index in [1.807, 2.05) is 32.0 Å². The monoisotopic (exact) mass is 292 g/mol. The average Bonchev–Trinajstić information content (AvgIpc) is 2.47. The molecule has 0 aromatic heterocycles. The van der Waals surface area contributed by atoms with Crippen LogP contribution >= 0.6 is 0 Å². The molecule has 0 bridgehead atoms. The van der Waals surface area contributed by atoms with E-state index in [-0.39, 0.29) is 24.6 Å². The zero-order valence-electron chi connectivity index (χ0n) is 12.7. The molecule has 0 saturated carbocycles. The van der Waals surface area contributed by atoms with Crippen molar-refractivity contribution in [1.82, 2.24) is 5.32 Å². The Morgan fingerprint density at radius 2 is 2.19 bits per heavy atom. The maximum atomic E-state index is 11.9. The second-order valence-corrected chi connectivity index (χ2v) is 5.57. The van der Waals surface area contributed by atoms with E-state index in [4.69, 9.17) is 15.2 Å². The molecule has 5 nitrogen and oxygen atoms in total. The average molecular weight is 292 g/mol. The van der Waals surface area contributed by atoms with Gasteiger partial charge in [0, 0.05) is 30.9 Å². The Kier molecular flexibility index (Phi) is 5.59. The zero-order chi connectivity index (χ0) is 15.2. The van der Waals surface area contributed by atoms with Crippen LogP contribution in [0.3, 0.4) is 0 Å². The number of amides is 1. The summed E-state index contributed by atoms with van der Waals surface area (Å²) in [6.07, 6.45) is 1.72. The lowest BCUT2D eigenvalue weighted by Gasteiger charge is -2.23. The van der Waals surface area contributed by atoms with Crippen molar-refractivity contribution in [2.75, 3.05) is 19.8 Å². The predicted octanol–water partition coefficient (Wildman–Crippen LogP) is 1.69. The Bertz CT molecular complexity index is 482. The van der Waals surface area contributed by atoms with E-state index in [0.717, 1.165) is 24.0 Å². The van der Waals surface area contributed by atoms with Gasteiger partial charge in [-0.3, -0.25) is 4.79 Å². The molecule has 21 heavy (non-hydrogen) atoms. The molecule has 116 valence electrons. The van der Waals surface area contributed by atoms with Crippen molar-refractivity contribution >= 4 is 5.91 Å². The molecule has 1 heterocycles. The van der Waals surface area contributed by atoms with Gasteiger partial charge in [0.1, 0.15) is 5.75 Å². The van der Waals surface area contributed by atoms with Crippen LogP contribution in [0.15, 0.2) is 18.2 Å². The largest absolute Gasteiger partial charge is 0.483 e. The highest BCUT2D eigenvalue weighted by atomic mass is 16.5. The third-order valence-electron chi connectivity index (χ3n) is 3.60. The minimum Gasteiger partial charge on any atom is -0.483 e. The van der Waals surface area contributed by atoms with Crippen LogP contribution in [0.1, 0.15) is 36.9 Å². The lowest BCUT2D eigenvalue weighted by molar-refractivity contribution is -0.124. The van der Waals surface area contributed by atoms with Gasteiger partial charge in [0.05, 0.1) is 0 Å². The maximum Gasteiger partial charge on any atom is 0.258 e. The molecular weight excluding hydrogens is 268 g/mol. The number of nitrogens with one attached hydrogen (secondary N) is 1. The van der Waals surface area contributed by atoms with E-state index in [0.29, 0.717) is 19.0 Å². The second kappa shape index (κ2) is 7.43. The molecular formula is C16H24N2O3. The van der Waals surface area contributed by atoms with Crippen LogP contribution in [0.5, 0.6) is 5.75 Å². The van der Waals surface area contributed by atoms with Crippen LogP contribution < -0.4 is 15.8 Å². The van der Waals surface area contributed by atoms with E-state index in [2.05, 4.69) is 5.32 Å². The highest BCUT2D eigenvalue weighted by Crippen LogP contribution is 2.24. The van der Waals surface area contributed by atoms with E-state index in [9.17, 15) is 4.79 Å². The van der Waals surface area contributed by atoms with Crippen molar-refractivity contribution in [2.24, 2.45) is 5.73 Å². The van der Waals surface area contributed by atoms with Gasteiger partial charge in [-0.05, 0) is 32.8 Å². The fourth-order valence-corrected chi connectivity index (χ4v) is 2.41. The molecule has 1 aliphatic rings. The molecule has 1 aliphatic heterocycles. The molecule has 1 aromatic rings. The summed E-state index contributed by atoms with van der Waals surface area (Å²) in [5.74, 6) is 0.579. The first-order chi connectivity index (χ1) is 10.1. The minimum absolute atomic E-state index is 0.0140. The van der Waals surface area contributed by atoms with Crippen LogP contribution in [0.2, 0.25) is 0 Å². The van der Waals surface area contributed by atoms with E-state index in [1.165, 1.54) is 0 Å². The first kappa shape index (κ1) is 15.8. The van der Waals surface area contributed by atoms with Crippen molar-refractivity contribution in [3.63, 3.8) is 0 Å². The Hall–Kier alpha value is -1.59. The molecule has 0 unspecified atom stereocenters. The number of rotatable bonds is 5. The van der Waals surface area contributed by atoms with Gasteiger partial charge < -0.3 is 20.5 Å². The van der Waals surface area contributed by atoms with Gasteiger partial charge >= 0.3 is 0 Å². The number of ether oxygens (including phenoxy) is 2. The Balaban J connectivity index is 1.88. The third-order valence-corrected chi connectivity index (χ3v) is 3.60. The summed E-state index contributed by atoms with van der Waals surface area (Å²) in [6.45, 7) is 5.34.